The van der Waals surface area contributed by atoms with Gasteiger partial charge in [-0.1, -0.05) is 0 Å². The van der Waals surface area contributed by atoms with Crippen molar-refractivity contribution in [3.63, 3.8) is 0 Å². The average Bonchev–Trinajstić information content (AvgIpc) is 3.40. The molecule has 0 bridgehead atoms. The van der Waals surface area contributed by atoms with Gasteiger partial charge in [-0.3, -0.25) is 0 Å². The summed E-state index contributed by atoms with van der Waals surface area (Å²) in [4.78, 5) is 15.2. The SMILES string of the molecule is CCOC(=O)c1cc2cc(OC)ccc2n1-c1ccc(OCCCN2CCC[C@H]2C)cc1. The average molecular weight is 437 g/mol. The number of methoxy groups -OCH3 is 1. The lowest BCUT2D eigenvalue weighted by atomic mass is 10.2. The number of likely N-dealkylation sites (tertiary alicyclic amines) is 1. The molecule has 0 unspecified atom stereocenters. The number of aromatic nitrogens is 1. The molecule has 0 saturated carbocycles. The molecule has 1 atom stereocenters. The van der Waals surface area contributed by atoms with E-state index in [1.54, 1.807) is 7.11 Å². The van der Waals surface area contributed by atoms with Crippen LogP contribution in [-0.2, 0) is 4.74 Å². The third-order valence-corrected chi connectivity index (χ3v) is 6.14. The number of esters is 1. The quantitative estimate of drug-likeness (QED) is 0.346. The van der Waals surface area contributed by atoms with Gasteiger partial charge in [0, 0.05) is 23.7 Å². The molecule has 1 fully saturated rings. The summed E-state index contributed by atoms with van der Waals surface area (Å²) in [6.07, 6.45) is 3.62. The number of hydrogen-bond acceptors (Lipinski definition) is 5. The van der Waals surface area contributed by atoms with Crippen molar-refractivity contribution >= 4 is 16.9 Å². The number of hydrogen-bond donors (Lipinski definition) is 0. The molecule has 1 aromatic heterocycles. The highest BCUT2D eigenvalue weighted by Crippen LogP contribution is 2.29. The lowest BCUT2D eigenvalue weighted by Crippen LogP contribution is -2.28. The van der Waals surface area contributed by atoms with Crippen LogP contribution in [0.2, 0.25) is 0 Å². The van der Waals surface area contributed by atoms with Crippen LogP contribution in [-0.4, -0.2) is 54.9 Å². The number of carbonyl (C=O) groups is 1. The van der Waals surface area contributed by atoms with Gasteiger partial charge in [0.25, 0.3) is 0 Å². The zero-order chi connectivity index (χ0) is 22.5. The van der Waals surface area contributed by atoms with Crippen LogP contribution < -0.4 is 9.47 Å². The van der Waals surface area contributed by atoms with Crippen LogP contribution in [0, 0.1) is 0 Å². The smallest absolute Gasteiger partial charge is 0.355 e. The zero-order valence-corrected chi connectivity index (χ0v) is 19.2. The number of nitrogens with zero attached hydrogens (tertiary/aromatic N) is 2. The van der Waals surface area contributed by atoms with E-state index in [0.717, 1.165) is 41.1 Å². The predicted octanol–water partition coefficient (Wildman–Crippen LogP) is 5.07. The Labute approximate surface area is 189 Å². The fourth-order valence-corrected chi connectivity index (χ4v) is 4.43. The topological polar surface area (TPSA) is 52.9 Å². The molecule has 3 aromatic rings. The summed E-state index contributed by atoms with van der Waals surface area (Å²) < 4.78 is 18.5. The molecule has 32 heavy (non-hydrogen) atoms. The highest BCUT2D eigenvalue weighted by atomic mass is 16.5. The van der Waals surface area contributed by atoms with Crippen molar-refractivity contribution < 1.29 is 19.0 Å². The Kier molecular flexibility index (Phi) is 7.00. The van der Waals surface area contributed by atoms with Gasteiger partial charge in [-0.25, -0.2) is 4.79 Å². The van der Waals surface area contributed by atoms with Gasteiger partial charge < -0.3 is 23.7 Å². The molecule has 170 valence electrons. The molecule has 2 aromatic carbocycles. The lowest BCUT2D eigenvalue weighted by molar-refractivity contribution is 0.0517. The largest absolute Gasteiger partial charge is 0.497 e. The summed E-state index contributed by atoms with van der Waals surface area (Å²) in [7, 11) is 1.63. The van der Waals surface area contributed by atoms with Crippen LogP contribution in [0.15, 0.2) is 48.5 Å². The van der Waals surface area contributed by atoms with Gasteiger partial charge in [-0.2, -0.15) is 0 Å². The number of ether oxygens (including phenoxy) is 3. The second-order valence-corrected chi connectivity index (χ2v) is 8.23. The second-order valence-electron chi connectivity index (χ2n) is 8.23. The van der Waals surface area contributed by atoms with Gasteiger partial charge in [0.2, 0.25) is 0 Å². The van der Waals surface area contributed by atoms with E-state index in [4.69, 9.17) is 14.2 Å². The fraction of sp³-hybridized carbons (Fsp3) is 0.423. The van der Waals surface area contributed by atoms with E-state index < -0.39 is 0 Å². The zero-order valence-electron chi connectivity index (χ0n) is 19.2. The van der Waals surface area contributed by atoms with Crippen LogP contribution >= 0.6 is 0 Å². The summed E-state index contributed by atoms with van der Waals surface area (Å²) in [6.45, 7) is 7.43. The molecule has 4 rings (SSSR count). The highest BCUT2D eigenvalue weighted by Gasteiger charge is 2.20. The van der Waals surface area contributed by atoms with Gasteiger partial charge in [-0.15, -0.1) is 0 Å². The molecule has 1 aliphatic rings. The molecule has 0 aliphatic carbocycles. The van der Waals surface area contributed by atoms with E-state index >= 15 is 0 Å². The molecule has 6 nitrogen and oxygen atoms in total. The maximum absolute atomic E-state index is 12.6. The van der Waals surface area contributed by atoms with Gasteiger partial charge >= 0.3 is 5.97 Å². The highest BCUT2D eigenvalue weighted by molar-refractivity contribution is 5.97. The summed E-state index contributed by atoms with van der Waals surface area (Å²) in [5.74, 6) is 1.23. The minimum atomic E-state index is -0.348. The van der Waals surface area contributed by atoms with Crippen molar-refractivity contribution in [2.24, 2.45) is 0 Å². The lowest BCUT2D eigenvalue weighted by Gasteiger charge is -2.20. The van der Waals surface area contributed by atoms with Crippen molar-refractivity contribution in [3.05, 3.63) is 54.2 Å². The first kappa shape index (κ1) is 22.2. The molecule has 6 heteroatoms. The van der Waals surface area contributed by atoms with E-state index in [9.17, 15) is 4.79 Å². The Morgan fingerprint density at radius 2 is 1.88 bits per heavy atom. The van der Waals surface area contributed by atoms with E-state index in [0.29, 0.717) is 24.9 Å². The first-order valence-electron chi connectivity index (χ1n) is 11.4. The maximum Gasteiger partial charge on any atom is 0.355 e. The van der Waals surface area contributed by atoms with Gasteiger partial charge in [0.05, 0.1) is 25.8 Å². The minimum absolute atomic E-state index is 0.326. The number of rotatable bonds is 9. The molecule has 0 spiro atoms. The van der Waals surface area contributed by atoms with Gasteiger partial charge in [-0.05, 0) is 88.2 Å². The van der Waals surface area contributed by atoms with Crippen LogP contribution in [0.3, 0.4) is 0 Å². The number of carbonyl (C=O) groups excluding carboxylic acids is 1. The van der Waals surface area contributed by atoms with Crippen molar-refractivity contribution in [2.45, 2.75) is 39.2 Å². The first-order chi connectivity index (χ1) is 15.6. The van der Waals surface area contributed by atoms with Crippen molar-refractivity contribution in [1.82, 2.24) is 9.47 Å². The Morgan fingerprint density at radius 3 is 2.56 bits per heavy atom. The Balaban J connectivity index is 1.50. The summed E-state index contributed by atoms with van der Waals surface area (Å²) in [6, 6.07) is 16.2. The predicted molar refractivity (Wildman–Crippen MR) is 126 cm³/mol. The number of benzene rings is 2. The number of fused-ring (bicyclic) bond motifs is 1. The van der Waals surface area contributed by atoms with E-state index in [1.807, 2.05) is 60.0 Å². The van der Waals surface area contributed by atoms with Gasteiger partial charge in [0.1, 0.15) is 17.2 Å². The van der Waals surface area contributed by atoms with Crippen molar-refractivity contribution in [3.8, 4) is 17.2 Å². The van der Waals surface area contributed by atoms with Crippen LogP contribution in [0.25, 0.3) is 16.6 Å². The fourth-order valence-electron chi connectivity index (χ4n) is 4.43. The van der Waals surface area contributed by atoms with Crippen LogP contribution in [0.1, 0.15) is 43.6 Å². The summed E-state index contributed by atoms with van der Waals surface area (Å²) in [5, 5.41) is 0.920. The van der Waals surface area contributed by atoms with E-state index in [1.165, 1.54) is 19.4 Å². The summed E-state index contributed by atoms with van der Waals surface area (Å²) >= 11 is 0. The van der Waals surface area contributed by atoms with E-state index in [-0.39, 0.29) is 5.97 Å². The Bertz CT molecular complexity index is 1060. The monoisotopic (exact) mass is 436 g/mol. The normalized spacial score (nSPS) is 16.4. The first-order valence-corrected chi connectivity index (χ1v) is 11.4. The molecular weight excluding hydrogens is 404 g/mol. The van der Waals surface area contributed by atoms with Gasteiger partial charge in [0.15, 0.2) is 0 Å². The van der Waals surface area contributed by atoms with E-state index in [2.05, 4.69) is 11.8 Å². The molecule has 0 amide bonds. The Hall–Kier alpha value is -2.99. The molecule has 0 radical (unpaired) electrons. The van der Waals surface area contributed by atoms with Crippen molar-refractivity contribution in [1.29, 1.82) is 0 Å². The second kappa shape index (κ2) is 10.1. The third-order valence-electron chi connectivity index (χ3n) is 6.14. The molecular formula is C26H32N2O4. The molecule has 1 aliphatic heterocycles. The van der Waals surface area contributed by atoms with Crippen LogP contribution in [0.4, 0.5) is 0 Å². The maximum atomic E-state index is 12.6. The standard InChI is InChI=1S/C26H32N2O4/c1-4-31-26(29)25-18-20-17-23(30-3)12-13-24(20)28(25)21-8-10-22(11-9-21)32-16-6-15-27-14-5-7-19(27)2/h8-13,17-19H,4-7,14-16H2,1-3H3/t19-/m1/s1. The van der Waals surface area contributed by atoms with Crippen LogP contribution in [0.5, 0.6) is 11.5 Å². The minimum Gasteiger partial charge on any atom is -0.497 e. The molecule has 2 heterocycles. The summed E-state index contributed by atoms with van der Waals surface area (Å²) in [5.41, 5.74) is 2.29. The molecule has 1 saturated heterocycles. The van der Waals surface area contributed by atoms with Crippen molar-refractivity contribution in [2.75, 3.05) is 33.4 Å². The molecule has 0 N–H and O–H groups in total. The third kappa shape index (κ3) is 4.75. The Morgan fingerprint density at radius 1 is 1.09 bits per heavy atom.